The SMILES string of the molecule is O[C@H]1CC[C@H]2C[C@@]13Oc1ccccc1CN3CC2(COCc1ccccc1)COCc1ccccc1. The number of rotatable bonds is 8. The van der Waals surface area contributed by atoms with E-state index in [1.54, 1.807) is 0 Å². The molecule has 5 heteroatoms. The molecule has 0 amide bonds. The quantitative estimate of drug-likeness (QED) is 0.477. The number of para-hydroxylation sites is 1. The van der Waals surface area contributed by atoms with Gasteiger partial charge in [0, 0.05) is 30.5 Å². The summed E-state index contributed by atoms with van der Waals surface area (Å²) in [5, 5.41) is 11.2. The Morgan fingerprint density at radius 1 is 0.806 bits per heavy atom. The van der Waals surface area contributed by atoms with Crippen molar-refractivity contribution in [2.24, 2.45) is 11.3 Å². The Labute approximate surface area is 213 Å². The van der Waals surface area contributed by atoms with E-state index in [-0.39, 0.29) is 5.41 Å². The molecule has 1 aliphatic carbocycles. The molecule has 0 radical (unpaired) electrons. The van der Waals surface area contributed by atoms with E-state index in [1.807, 2.05) is 24.3 Å². The van der Waals surface area contributed by atoms with Crippen molar-refractivity contribution in [3.63, 3.8) is 0 Å². The van der Waals surface area contributed by atoms with Gasteiger partial charge in [0.1, 0.15) is 11.9 Å². The van der Waals surface area contributed by atoms with Crippen LogP contribution in [0, 0.1) is 11.3 Å². The van der Waals surface area contributed by atoms with Crippen molar-refractivity contribution < 1.29 is 19.3 Å². The normalized spacial score (nSPS) is 26.5. The molecule has 3 atom stereocenters. The molecule has 0 unspecified atom stereocenters. The Morgan fingerprint density at radius 2 is 1.42 bits per heavy atom. The lowest BCUT2D eigenvalue weighted by molar-refractivity contribution is -0.264. The highest BCUT2D eigenvalue weighted by molar-refractivity contribution is 5.36. The fourth-order valence-corrected chi connectivity index (χ4v) is 6.44. The lowest BCUT2D eigenvalue weighted by Crippen LogP contribution is -2.72. The lowest BCUT2D eigenvalue weighted by Gasteiger charge is -2.62. The van der Waals surface area contributed by atoms with E-state index < -0.39 is 11.8 Å². The van der Waals surface area contributed by atoms with Crippen molar-refractivity contribution in [2.45, 2.75) is 50.8 Å². The second kappa shape index (κ2) is 9.98. The fraction of sp³-hybridized carbons (Fsp3) is 0.419. The molecule has 188 valence electrons. The highest BCUT2D eigenvalue weighted by atomic mass is 16.5. The van der Waals surface area contributed by atoms with Gasteiger partial charge in [-0.05, 0) is 36.0 Å². The Bertz CT molecular complexity index is 1110. The van der Waals surface area contributed by atoms with Crippen molar-refractivity contribution in [3.8, 4) is 5.75 Å². The van der Waals surface area contributed by atoms with Gasteiger partial charge in [0.05, 0.1) is 26.4 Å². The van der Waals surface area contributed by atoms with Crippen LogP contribution >= 0.6 is 0 Å². The van der Waals surface area contributed by atoms with E-state index in [0.29, 0.717) is 32.3 Å². The van der Waals surface area contributed by atoms with Crippen molar-refractivity contribution in [1.82, 2.24) is 4.90 Å². The van der Waals surface area contributed by atoms with E-state index in [4.69, 9.17) is 14.2 Å². The minimum Gasteiger partial charge on any atom is -0.469 e. The standard InChI is InChI=1S/C31H35NO4/c33-29-16-15-27-17-31(29)32(18-26-13-7-8-14-28(26)36-31)21-30(27,22-34-19-24-9-3-1-4-10-24)23-35-20-25-11-5-2-6-12-25/h1-14,27,29,33H,15-23H2/t27-,29-,31+/m0/s1. The smallest absolute Gasteiger partial charge is 0.190 e. The van der Waals surface area contributed by atoms with Gasteiger partial charge in [-0.1, -0.05) is 78.9 Å². The van der Waals surface area contributed by atoms with Gasteiger partial charge in [-0.3, -0.25) is 4.90 Å². The van der Waals surface area contributed by atoms with Gasteiger partial charge in [0.2, 0.25) is 0 Å². The summed E-state index contributed by atoms with van der Waals surface area (Å²) in [6, 6.07) is 28.9. The third kappa shape index (κ3) is 4.46. The Kier molecular flexibility index (Phi) is 6.57. The zero-order chi connectivity index (χ0) is 24.4. The first-order chi connectivity index (χ1) is 17.7. The minimum absolute atomic E-state index is 0.178. The Morgan fingerprint density at radius 3 is 2.08 bits per heavy atom. The third-order valence-corrected chi connectivity index (χ3v) is 8.38. The van der Waals surface area contributed by atoms with Gasteiger partial charge in [-0.25, -0.2) is 0 Å². The number of aliphatic hydroxyl groups excluding tert-OH is 1. The van der Waals surface area contributed by atoms with Crippen LogP contribution in [0.25, 0.3) is 0 Å². The maximum Gasteiger partial charge on any atom is 0.190 e. The summed E-state index contributed by atoms with van der Waals surface area (Å²) >= 11 is 0. The number of hydrogen-bond donors (Lipinski definition) is 1. The second-order valence-electron chi connectivity index (χ2n) is 10.7. The highest BCUT2D eigenvalue weighted by Crippen LogP contribution is 2.54. The second-order valence-corrected chi connectivity index (χ2v) is 10.7. The van der Waals surface area contributed by atoms with Gasteiger partial charge < -0.3 is 19.3 Å². The molecule has 3 aromatic rings. The summed E-state index contributed by atoms with van der Waals surface area (Å²) < 4.78 is 19.5. The largest absolute Gasteiger partial charge is 0.469 e. The van der Waals surface area contributed by atoms with Crippen LogP contribution in [0.5, 0.6) is 5.75 Å². The van der Waals surface area contributed by atoms with Crippen LogP contribution in [0.15, 0.2) is 84.9 Å². The number of aliphatic hydroxyl groups is 1. The minimum atomic E-state index is -0.667. The monoisotopic (exact) mass is 485 g/mol. The average molecular weight is 486 g/mol. The Balaban J connectivity index is 1.26. The van der Waals surface area contributed by atoms with Crippen LogP contribution in [0.1, 0.15) is 36.0 Å². The van der Waals surface area contributed by atoms with Crippen LogP contribution < -0.4 is 4.74 Å². The molecule has 1 spiro atoms. The number of ether oxygens (including phenoxy) is 3. The average Bonchev–Trinajstić information content (AvgIpc) is 2.91. The topological polar surface area (TPSA) is 51.2 Å². The van der Waals surface area contributed by atoms with Crippen molar-refractivity contribution >= 4 is 0 Å². The van der Waals surface area contributed by atoms with E-state index >= 15 is 0 Å². The molecular formula is C31H35NO4. The van der Waals surface area contributed by atoms with Crippen LogP contribution in [0.3, 0.4) is 0 Å². The number of fused-ring (bicyclic) bond motifs is 2. The number of piperidine rings is 1. The maximum absolute atomic E-state index is 11.2. The van der Waals surface area contributed by atoms with Gasteiger partial charge in [-0.15, -0.1) is 0 Å². The van der Waals surface area contributed by atoms with Gasteiger partial charge >= 0.3 is 0 Å². The van der Waals surface area contributed by atoms with E-state index in [9.17, 15) is 5.11 Å². The van der Waals surface area contributed by atoms with Crippen molar-refractivity contribution in [1.29, 1.82) is 0 Å². The number of benzene rings is 3. The van der Waals surface area contributed by atoms with Crippen LogP contribution in [-0.4, -0.2) is 41.6 Å². The molecule has 3 aromatic carbocycles. The molecule has 3 aliphatic rings. The van der Waals surface area contributed by atoms with Crippen molar-refractivity contribution in [2.75, 3.05) is 19.8 Å². The highest BCUT2D eigenvalue weighted by Gasteiger charge is 2.61. The first-order valence-corrected chi connectivity index (χ1v) is 13.1. The van der Waals surface area contributed by atoms with Crippen LogP contribution in [0.2, 0.25) is 0 Å². The maximum atomic E-state index is 11.2. The molecule has 2 bridgehead atoms. The zero-order valence-electron chi connectivity index (χ0n) is 20.7. The van der Waals surface area contributed by atoms with Crippen molar-refractivity contribution in [3.05, 3.63) is 102 Å². The molecule has 1 N–H and O–H groups in total. The molecule has 36 heavy (non-hydrogen) atoms. The predicted molar refractivity (Wildman–Crippen MR) is 138 cm³/mol. The van der Waals surface area contributed by atoms with E-state index in [2.05, 4.69) is 65.6 Å². The molecular weight excluding hydrogens is 450 g/mol. The molecule has 2 heterocycles. The summed E-state index contributed by atoms with van der Waals surface area (Å²) in [5.74, 6) is 1.25. The predicted octanol–water partition coefficient (Wildman–Crippen LogP) is 5.17. The zero-order valence-corrected chi connectivity index (χ0v) is 20.7. The fourth-order valence-electron chi connectivity index (χ4n) is 6.44. The third-order valence-electron chi connectivity index (χ3n) is 8.38. The van der Waals surface area contributed by atoms with Gasteiger partial charge in [0.15, 0.2) is 5.72 Å². The van der Waals surface area contributed by atoms with Crippen LogP contribution in [-0.2, 0) is 29.2 Å². The first-order valence-electron chi connectivity index (χ1n) is 13.1. The first kappa shape index (κ1) is 23.7. The molecule has 6 rings (SSSR count). The molecule has 2 fully saturated rings. The number of hydrogen-bond acceptors (Lipinski definition) is 5. The summed E-state index contributed by atoms with van der Waals surface area (Å²) in [5.41, 5.74) is 2.68. The molecule has 0 aromatic heterocycles. The summed E-state index contributed by atoms with van der Waals surface area (Å²) in [4.78, 5) is 2.37. The van der Waals surface area contributed by atoms with Gasteiger partial charge in [0.25, 0.3) is 0 Å². The lowest BCUT2D eigenvalue weighted by atomic mass is 9.62. The van der Waals surface area contributed by atoms with E-state index in [1.165, 1.54) is 16.7 Å². The van der Waals surface area contributed by atoms with Gasteiger partial charge in [-0.2, -0.15) is 0 Å². The molecule has 5 nitrogen and oxygen atoms in total. The molecule has 2 aliphatic heterocycles. The summed E-state index contributed by atoms with van der Waals surface area (Å²) in [6.07, 6.45) is 1.95. The molecule has 1 saturated carbocycles. The summed E-state index contributed by atoms with van der Waals surface area (Å²) in [7, 11) is 0. The van der Waals surface area contributed by atoms with E-state index in [0.717, 1.165) is 38.1 Å². The summed E-state index contributed by atoms with van der Waals surface area (Å²) in [6.45, 7) is 3.94. The van der Waals surface area contributed by atoms with Crippen LogP contribution in [0.4, 0.5) is 0 Å². The molecule has 1 saturated heterocycles. The Hall–Kier alpha value is -2.70. The number of nitrogens with zero attached hydrogens (tertiary/aromatic N) is 1.